The van der Waals surface area contributed by atoms with Crippen molar-refractivity contribution in [1.82, 2.24) is 0 Å². The zero-order chi connectivity index (χ0) is 28.0. The van der Waals surface area contributed by atoms with Gasteiger partial charge in [-0.25, -0.2) is 0 Å². The van der Waals surface area contributed by atoms with Gasteiger partial charge in [-0.3, -0.25) is 14.9 Å². The number of nitriles is 1. The van der Waals surface area contributed by atoms with Crippen molar-refractivity contribution in [1.29, 1.82) is 5.26 Å². The van der Waals surface area contributed by atoms with Crippen LogP contribution in [-0.4, -0.2) is 25.9 Å². The third-order valence-corrected chi connectivity index (χ3v) is 7.15. The van der Waals surface area contributed by atoms with Crippen LogP contribution in [0.25, 0.3) is 6.08 Å². The average Bonchev–Trinajstić information content (AvgIpc) is 2.86. The quantitative estimate of drug-likeness (QED) is 0.0797. The number of anilines is 1. The lowest BCUT2D eigenvalue weighted by atomic mass is 10.1. The van der Waals surface area contributed by atoms with Crippen LogP contribution in [0, 0.1) is 38.9 Å². The van der Waals surface area contributed by atoms with Gasteiger partial charge in [-0.2, -0.15) is 13.7 Å². The van der Waals surface area contributed by atoms with E-state index in [9.17, 15) is 28.6 Å². The summed E-state index contributed by atoms with van der Waals surface area (Å²) in [6, 6.07) is 15.2. The van der Waals surface area contributed by atoms with E-state index in [2.05, 4.69) is 5.32 Å². The minimum Gasteiger partial charge on any atom is -0.490 e. The van der Waals surface area contributed by atoms with Crippen LogP contribution in [-0.2, 0) is 14.9 Å². The van der Waals surface area contributed by atoms with E-state index < -0.39 is 20.9 Å². The molecule has 10 nitrogen and oxygen atoms in total. The molecule has 38 heavy (non-hydrogen) atoms. The molecule has 0 aromatic heterocycles. The molecule has 3 aromatic rings. The number of carbonyl (C=O) groups is 1. The fraction of sp³-hybridized carbons (Fsp3) is 0.154. The predicted octanol–water partition coefficient (Wildman–Crippen LogP) is 5.53. The maximum Gasteiger partial charge on any atom is 0.339 e. The molecule has 12 heteroatoms. The number of benzene rings is 3. The van der Waals surface area contributed by atoms with E-state index in [1.807, 2.05) is 29.5 Å². The molecular formula is C26H22IN3O7S. The van der Waals surface area contributed by atoms with Gasteiger partial charge in [0.25, 0.3) is 11.6 Å². The molecule has 0 fully saturated rings. The third-order valence-electron chi connectivity index (χ3n) is 5.11. The number of hydrogen-bond donors (Lipinski definition) is 1. The number of nitrogens with one attached hydrogen (secondary N) is 1. The first-order valence-electron chi connectivity index (χ1n) is 11.1. The normalized spacial score (nSPS) is 11.4. The highest BCUT2D eigenvalue weighted by Gasteiger charge is 2.23. The average molecular weight is 647 g/mol. The summed E-state index contributed by atoms with van der Waals surface area (Å²) < 4.78 is 37.1. The van der Waals surface area contributed by atoms with Crippen molar-refractivity contribution in [2.45, 2.75) is 25.7 Å². The van der Waals surface area contributed by atoms with E-state index in [1.165, 1.54) is 42.5 Å². The van der Waals surface area contributed by atoms with Gasteiger partial charge in [-0.1, -0.05) is 23.8 Å². The van der Waals surface area contributed by atoms with Crippen molar-refractivity contribution in [3.8, 4) is 17.6 Å². The van der Waals surface area contributed by atoms with Crippen LogP contribution in [0.2, 0.25) is 0 Å². The zero-order valence-corrected chi connectivity index (χ0v) is 23.5. The second kappa shape index (κ2) is 12.1. The second-order valence-corrected chi connectivity index (χ2v) is 10.7. The highest BCUT2D eigenvalue weighted by Crippen LogP contribution is 2.37. The third kappa shape index (κ3) is 6.87. The Hall–Kier alpha value is -3.96. The van der Waals surface area contributed by atoms with Gasteiger partial charge in [0, 0.05) is 6.07 Å². The zero-order valence-electron chi connectivity index (χ0n) is 20.5. The molecule has 1 amide bonds. The number of hydrogen-bond acceptors (Lipinski definition) is 8. The largest absolute Gasteiger partial charge is 0.490 e. The summed E-state index contributed by atoms with van der Waals surface area (Å²) in [6.07, 6.45) is 1.26. The lowest BCUT2D eigenvalue weighted by Gasteiger charge is -2.15. The van der Waals surface area contributed by atoms with Gasteiger partial charge >= 0.3 is 10.1 Å². The minimum atomic E-state index is -4.17. The second-order valence-electron chi connectivity index (χ2n) is 8.02. The van der Waals surface area contributed by atoms with Crippen LogP contribution in [0.15, 0.2) is 65.1 Å². The Labute approximate surface area is 233 Å². The Morgan fingerprint density at radius 3 is 2.39 bits per heavy atom. The van der Waals surface area contributed by atoms with Crippen LogP contribution >= 0.6 is 22.6 Å². The summed E-state index contributed by atoms with van der Waals surface area (Å²) in [4.78, 5) is 23.5. The van der Waals surface area contributed by atoms with Gasteiger partial charge in [-0.05, 0) is 90.9 Å². The molecule has 3 aromatic carbocycles. The number of rotatable bonds is 9. The van der Waals surface area contributed by atoms with Crippen LogP contribution < -0.4 is 14.2 Å². The van der Waals surface area contributed by atoms with Crippen molar-refractivity contribution < 1.29 is 27.1 Å². The van der Waals surface area contributed by atoms with Crippen molar-refractivity contribution in [2.75, 3.05) is 11.9 Å². The van der Waals surface area contributed by atoms with E-state index in [4.69, 9.17) is 8.92 Å². The van der Waals surface area contributed by atoms with Crippen molar-refractivity contribution >= 4 is 56.1 Å². The molecule has 0 bridgehead atoms. The SMILES string of the molecule is CCOc1cc(/C=C(\C#N)C(=O)Nc2ccc(C)cc2[N+](=O)[O-])cc(I)c1OS(=O)(=O)c1ccc(C)cc1. The molecule has 3 rings (SSSR count). The van der Waals surface area contributed by atoms with Gasteiger partial charge in [-0.15, -0.1) is 0 Å². The summed E-state index contributed by atoms with van der Waals surface area (Å²) in [5, 5.41) is 23.4. The molecule has 0 heterocycles. The number of halogens is 1. The number of ether oxygens (including phenoxy) is 1. The van der Waals surface area contributed by atoms with Crippen molar-refractivity contribution in [3.05, 3.63) is 90.5 Å². The molecule has 0 saturated heterocycles. The maximum atomic E-state index is 12.9. The fourth-order valence-electron chi connectivity index (χ4n) is 3.28. The predicted molar refractivity (Wildman–Crippen MR) is 149 cm³/mol. The Balaban J connectivity index is 1.96. The lowest BCUT2D eigenvalue weighted by Crippen LogP contribution is -2.15. The highest BCUT2D eigenvalue weighted by atomic mass is 127. The first-order chi connectivity index (χ1) is 17.9. The number of aryl methyl sites for hydroxylation is 2. The summed E-state index contributed by atoms with van der Waals surface area (Å²) in [5.74, 6) is -0.800. The number of nitro benzene ring substituents is 1. The van der Waals surface area contributed by atoms with Crippen molar-refractivity contribution in [2.24, 2.45) is 0 Å². The van der Waals surface area contributed by atoms with Crippen LogP contribution in [0.4, 0.5) is 11.4 Å². The van der Waals surface area contributed by atoms with Crippen LogP contribution in [0.1, 0.15) is 23.6 Å². The molecule has 0 unspecified atom stereocenters. The topological polar surface area (TPSA) is 149 Å². The minimum absolute atomic E-state index is 0.0287. The molecule has 1 N–H and O–H groups in total. The van der Waals surface area contributed by atoms with E-state index in [0.29, 0.717) is 14.7 Å². The number of amides is 1. The van der Waals surface area contributed by atoms with Gasteiger partial charge in [0.05, 0.1) is 15.1 Å². The first-order valence-corrected chi connectivity index (χ1v) is 13.6. The van der Waals surface area contributed by atoms with Crippen molar-refractivity contribution in [3.63, 3.8) is 0 Å². The molecule has 0 spiro atoms. The smallest absolute Gasteiger partial charge is 0.339 e. The van der Waals surface area contributed by atoms with Gasteiger partial charge < -0.3 is 14.2 Å². The number of nitro groups is 1. The molecule has 0 aliphatic carbocycles. The van der Waals surface area contributed by atoms with Gasteiger partial charge in [0.15, 0.2) is 11.5 Å². The molecule has 0 radical (unpaired) electrons. The van der Waals surface area contributed by atoms with E-state index in [-0.39, 0.29) is 39.9 Å². The number of nitrogens with zero attached hydrogens (tertiary/aromatic N) is 2. The summed E-state index contributed by atoms with van der Waals surface area (Å²) >= 11 is 1.87. The molecule has 0 aliphatic rings. The fourth-order valence-corrected chi connectivity index (χ4v) is 5.12. The first kappa shape index (κ1) is 28.6. The monoisotopic (exact) mass is 647 g/mol. The van der Waals surface area contributed by atoms with E-state index in [0.717, 1.165) is 5.56 Å². The Morgan fingerprint density at radius 2 is 1.79 bits per heavy atom. The summed E-state index contributed by atoms with van der Waals surface area (Å²) in [5.41, 5.74) is 1.18. The Morgan fingerprint density at radius 1 is 1.13 bits per heavy atom. The van der Waals surface area contributed by atoms with E-state index in [1.54, 1.807) is 38.1 Å². The summed E-state index contributed by atoms with van der Waals surface area (Å²) in [6.45, 7) is 5.40. The molecule has 0 saturated carbocycles. The molecular weight excluding hydrogens is 625 g/mol. The maximum absolute atomic E-state index is 12.9. The van der Waals surface area contributed by atoms with Gasteiger partial charge in [0.2, 0.25) is 0 Å². The van der Waals surface area contributed by atoms with E-state index >= 15 is 0 Å². The number of carbonyl (C=O) groups excluding carboxylic acids is 1. The molecule has 0 aliphatic heterocycles. The molecule has 196 valence electrons. The summed E-state index contributed by atoms with van der Waals surface area (Å²) in [7, 11) is -4.17. The standard InChI is InChI=1S/C26H22IN3O7S/c1-4-36-24-14-18(13-21(27)25(24)37-38(34,35)20-8-5-16(2)6-9-20)12-19(15-28)26(31)29-22-10-7-17(3)11-23(22)30(32)33/h5-14H,4H2,1-3H3,(H,29,31)/b19-12+. The Bertz CT molecular complexity index is 1580. The van der Waals surface area contributed by atoms with Crippen LogP contribution in [0.5, 0.6) is 11.5 Å². The Kier molecular flexibility index (Phi) is 9.08. The lowest BCUT2D eigenvalue weighted by molar-refractivity contribution is -0.384. The highest BCUT2D eigenvalue weighted by molar-refractivity contribution is 14.1. The van der Waals surface area contributed by atoms with Crippen LogP contribution in [0.3, 0.4) is 0 Å². The molecule has 0 atom stereocenters. The van der Waals surface area contributed by atoms with Gasteiger partial charge in [0.1, 0.15) is 22.2 Å².